The van der Waals surface area contributed by atoms with Crippen LogP contribution in [0.15, 0.2) is 24.7 Å². The third kappa shape index (κ3) is 3.14. The number of hydrogen-bond acceptors (Lipinski definition) is 7. The highest BCUT2D eigenvalue weighted by Crippen LogP contribution is 2.52. The van der Waals surface area contributed by atoms with Crippen LogP contribution < -0.4 is 15.5 Å². The van der Waals surface area contributed by atoms with E-state index < -0.39 is 0 Å². The van der Waals surface area contributed by atoms with E-state index in [-0.39, 0.29) is 0 Å². The van der Waals surface area contributed by atoms with Gasteiger partial charge in [0, 0.05) is 36.7 Å². The van der Waals surface area contributed by atoms with Crippen molar-refractivity contribution < 1.29 is 0 Å². The first-order chi connectivity index (χ1) is 13.2. The fraction of sp³-hybridized carbons (Fsp3) is 0.600. The lowest BCUT2D eigenvalue weighted by atomic mass is 9.70. The van der Waals surface area contributed by atoms with E-state index in [9.17, 15) is 0 Å². The number of rotatable bonds is 6. The minimum Gasteiger partial charge on any atom is -0.337 e. The lowest BCUT2D eigenvalue weighted by Crippen LogP contribution is -2.41. The molecule has 0 atom stereocenters. The summed E-state index contributed by atoms with van der Waals surface area (Å²) in [6.45, 7) is 2.11. The maximum absolute atomic E-state index is 4.73. The highest BCUT2D eigenvalue weighted by atomic mass is 15.3. The van der Waals surface area contributed by atoms with Gasteiger partial charge in [0.05, 0.1) is 18.1 Å². The van der Waals surface area contributed by atoms with Crippen molar-refractivity contribution in [3.63, 3.8) is 0 Å². The fourth-order valence-corrected chi connectivity index (χ4v) is 5.11. The van der Waals surface area contributed by atoms with Gasteiger partial charge in [-0.05, 0) is 38.8 Å². The predicted molar refractivity (Wildman–Crippen MR) is 105 cm³/mol. The second-order valence-corrected chi connectivity index (χ2v) is 8.40. The number of nitrogens with one attached hydrogen (secondary N) is 2. The Morgan fingerprint density at radius 1 is 1.11 bits per heavy atom. The van der Waals surface area contributed by atoms with E-state index in [1.54, 1.807) is 0 Å². The molecule has 2 saturated carbocycles. The van der Waals surface area contributed by atoms with Gasteiger partial charge in [-0.15, -0.1) is 0 Å². The van der Waals surface area contributed by atoms with Gasteiger partial charge in [0.25, 0.3) is 0 Å². The van der Waals surface area contributed by atoms with Crippen molar-refractivity contribution in [2.75, 3.05) is 30.4 Å². The van der Waals surface area contributed by atoms with Gasteiger partial charge in [-0.2, -0.15) is 4.98 Å². The Morgan fingerprint density at radius 3 is 2.70 bits per heavy atom. The summed E-state index contributed by atoms with van der Waals surface area (Å²) in [5.41, 5.74) is 1.53. The lowest BCUT2D eigenvalue weighted by Gasteiger charge is -2.36. The van der Waals surface area contributed by atoms with Crippen molar-refractivity contribution in [3.05, 3.63) is 30.4 Å². The van der Waals surface area contributed by atoms with Crippen molar-refractivity contribution in [1.29, 1.82) is 0 Å². The predicted octanol–water partition coefficient (Wildman–Crippen LogP) is 2.86. The molecule has 2 aromatic rings. The van der Waals surface area contributed by atoms with E-state index >= 15 is 0 Å². The number of anilines is 3. The van der Waals surface area contributed by atoms with Gasteiger partial charge in [0.15, 0.2) is 0 Å². The van der Waals surface area contributed by atoms with E-state index in [2.05, 4.69) is 30.5 Å². The monoisotopic (exact) mass is 365 g/mol. The summed E-state index contributed by atoms with van der Waals surface area (Å²) in [5.74, 6) is 2.91. The molecular formula is C20H27N7. The Balaban J connectivity index is 1.27. The fourth-order valence-electron chi connectivity index (χ4n) is 5.11. The van der Waals surface area contributed by atoms with Gasteiger partial charge in [0.2, 0.25) is 5.95 Å². The smallest absolute Gasteiger partial charge is 0.227 e. The molecule has 2 bridgehead atoms. The molecule has 0 amide bonds. The summed E-state index contributed by atoms with van der Waals surface area (Å²) in [5, 5.41) is 6.62. The molecule has 7 heteroatoms. The van der Waals surface area contributed by atoms with E-state index in [1.165, 1.54) is 38.5 Å². The van der Waals surface area contributed by atoms with Crippen molar-refractivity contribution in [1.82, 2.24) is 25.3 Å². The highest BCUT2D eigenvalue weighted by Gasteiger charge is 2.55. The quantitative estimate of drug-likeness (QED) is 0.815. The molecule has 4 heterocycles. The zero-order valence-corrected chi connectivity index (χ0v) is 15.9. The number of nitrogens with zero attached hydrogens (tertiary/aromatic N) is 5. The van der Waals surface area contributed by atoms with Crippen molar-refractivity contribution in [3.8, 4) is 0 Å². The molecule has 6 rings (SSSR count). The molecule has 2 aromatic heterocycles. The minimum atomic E-state index is 0.410. The van der Waals surface area contributed by atoms with Crippen LogP contribution in [-0.4, -0.2) is 46.1 Å². The number of fused-ring (bicyclic) bond motifs is 1. The Morgan fingerprint density at radius 2 is 1.96 bits per heavy atom. The van der Waals surface area contributed by atoms with Gasteiger partial charge in [-0.1, -0.05) is 12.8 Å². The summed E-state index contributed by atoms with van der Waals surface area (Å²) in [6, 6.07) is 2.47. The zero-order chi connectivity index (χ0) is 18.3. The molecule has 7 nitrogen and oxygen atoms in total. The van der Waals surface area contributed by atoms with E-state index in [4.69, 9.17) is 4.98 Å². The second-order valence-electron chi connectivity index (χ2n) is 8.40. The molecule has 142 valence electrons. The Bertz CT molecular complexity index is 794. The summed E-state index contributed by atoms with van der Waals surface area (Å²) in [7, 11) is 2.03. The molecular weight excluding hydrogens is 338 g/mol. The summed E-state index contributed by atoms with van der Waals surface area (Å²) in [4.78, 5) is 20.8. The standard InChI is InChI=1S/C20H27N7/c1-21-12-20-8-15(9-20)27(13-20)19-22-7-6-17(26-19)25-18-11-23-16(10-24-18)14-4-2-3-5-14/h6-7,10-11,14-15,21H,2-5,8-9,12-13H2,1H3,(H,22,24,25,26). The van der Waals surface area contributed by atoms with E-state index in [0.29, 0.717) is 17.4 Å². The largest absolute Gasteiger partial charge is 0.337 e. The van der Waals surface area contributed by atoms with Crippen LogP contribution in [0, 0.1) is 5.41 Å². The third-order valence-corrected chi connectivity index (χ3v) is 6.44. The zero-order valence-electron chi connectivity index (χ0n) is 15.9. The molecule has 2 aliphatic heterocycles. The minimum absolute atomic E-state index is 0.410. The Kier molecular flexibility index (Phi) is 4.19. The molecule has 2 aliphatic carbocycles. The molecule has 2 N–H and O–H groups in total. The SMILES string of the molecule is CNCC12CC(C1)N(c1nccc(Nc3cnc(C4CCCC4)cn3)n1)C2. The number of hydrogen-bond donors (Lipinski definition) is 2. The van der Waals surface area contributed by atoms with Crippen molar-refractivity contribution >= 4 is 17.6 Å². The van der Waals surface area contributed by atoms with Crippen LogP contribution in [-0.2, 0) is 0 Å². The topological polar surface area (TPSA) is 78.9 Å². The van der Waals surface area contributed by atoms with Gasteiger partial charge in [-0.25, -0.2) is 9.97 Å². The van der Waals surface area contributed by atoms with Crippen LogP contribution in [0.3, 0.4) is 0 Å². The first kappa shape index (κ1) is 16.9. The van der Waals surface area contributed by atoms with E-state index in [0.717, 1.165) is 36.4 Å². The van der Waals surface area contributed by atoms with Gasteiger partial charge in [-0.3, -0.25) is 4.98 Å². The number of aromatic nitrogens is 4. The summed E-state index contributed by atoms with van der Waals surface area (Å²) < 4.78 is 0. The molecule has 0 aromatic carbocycles. The van der Waals surface area contributed by atoms with Crippen molar-refractivity contribution in [2.24, 2.45) is 5.41 Å². The van der Waals surface area contributed by atoms with Crippen LogP contribution in [0.4, 0.5) is 17.6 Å². The van der Waals surface area contributed by atoms with Crippen LogP contribution in [0.2, 0.25) is 0 Å². The molecule has 2 saturated heterocycles. The molecule has 4 fully saturated rings. The average Bonchev–Trinajstić information content (AvgIpc) is 3.38. The average molecular weight is 365 g/mol. The molecule has 27 heavy (non-hydrogen) atoms. The van der Waals surface area contributed by atoms with Gasteiger partial charge >= 0.3 is 0 Å². The third-order valence-electron chi connectivity index (χ3n) is 6.44. The normalized spacial score (nSPS) is 27.0. The maximum atomic E-state index is 4.73. The van der Waals surface area contributed by atoms with Crippen LogP contribution in [0.5, 0.6) is 0 Å². The van der Waals surface area contributed by atoms with E-state index in [1.807, 2.05) is 31.7 Å². The first-order valence-corrected chi connectivity index (χ1v) is 10.1. The maximum Gasteiger partial charge on any atom is 0.227 e. The Labute approximate surface area is 160 Å². The van der Waals surface area contributed by atoms with Crippen molar-refractivity contribution in [2.45, 2.75) is 50.5 Å². The second kappa shape index (κ2) is 6.71. The molecule has 0 radical (unpaired) electrons. The Hall–Kier alpha value is -2.28. The summed E-state index contributed by atoms with van der Waals surface area (Å²) >= 11 is 0. The lowest BCUT2D eigenvalue weighted by molar-refractivity contribution is 0.196. The van der Waals surface area contributed by atoms with Crippen LogP contribution in [0.1, 0.15) is 50.1 Å². The van der Waals surface area contributed by atoms with Crippen LogP contribution >= 0.6 is 0 Å². The molecule has 0 unspecified atom stereocenters. The summed E-state index contributed by atoms with van der Waals surface area (Å²) in [6.07, 6.45) is 13.1. The van der Waals surface area contributed by atoms with Crippen LogP contribution in [0.25, 0.3) is 0 Å². The highest BCUT2D eigenvalue weighted by molar-refractivity contribution is 5.53. The molecule has 0 spiro atoms. The van der Waals surface area contributed by atoms with Gasteiger partial charge in [0.1, 0.15) is 11.6 Å². The van der Waals surface area contributed by atoms with Gasteiger partial charge < -0.3 is 15.5 Å². The molecule has 4 aliphatic rings. The first-order valence-electron chi connectivity index (χ1n) is 10.1.